The second-order valence-corrected chi connectivity index (χ2v) is 5.50. The first-order chi connectivity index (χ1) is 10.5. The van der Waals surface area contributed by atoms with E-state index in [9.17, 15) is 14.7 Å². The van der Waals surface area contributed by atoms with Gasteiger partial charge in [0.05, 0.1) is 0 Å². The van der Waals surface area contributed by atoms with E-state index in [0.29, 0.717) is 5.56 Å². The van der Waals surface area contributed by atoms with E-state index in [2.05, 4.69) is 10.6 Å². The third-order valence-electron chi connectivity index (χ3n) is 3.95. The number of amides is 3. The molecule has 0 radical (unpaired) electrons. The Morgan fingerprint density at radius 1 is 0.955 bits per heavy atom. The molecule has 1 aliphatic rings. The summed E-state index contributed by atoms with van der Waals surface area (Å²) in [7, 11) is 0. The largest absolute Gasteiger partial charge is 0.385 e. The summed E-state index contributed by atoms with van der Waals surface area (Å²) in [6, 6.07) is 16.5. The average Bonchev–Trinajstić information content (AvgIpc) is 2.81. The van der Waals surface area contributed by atoms with Crippen molar-refractivity contribution in [1.29, 1.82) is 0 Å². The van der Waals surface area contributed by atoms with Crippen LogP contribution in [0.1, 0.15) is 18.6 Å². The van der Waals surface area contributed by atoms with E-state index < -0.39 is 23.6 Å². The number of nitrogens with one attached hydrogen (secondary N) is 2. The Balaban J connectivity index is 1.87. The molecule has 3 rings (SSSR count). The first-order valence-electron chi connectivity index (χ1n) is 6.98. The maximum Gasteiger partial charge on any atom is 0.322 e. The van der Waals surface area contributed by atoms with Crippen LogP contribution in [0.4, 0.5) is 4.79 Å². The van der Waals surface area contributed by atoms with Crippen molar-refractivity contribution >= 4 is 11.9 Å². The maximum atomic E-state index is 11.9. The van der Waals surface area contributed by atoms with Gasteiger partial charge >= 0.3 is 6.03 Å². The van der Waals surface area contributed by atoms with Crippen molar-refractivity contribution in [2.24, 2.45) is 0 Å². The number of urea groups is 1. The molecule has 2 aromatic carbocycles. The fourth-order valence-corrected chi connectivity index (χ4v) is 2.57. The quantitative estimate of drug-likeness (QED) is 0.758. The minimum Gasteiger partial charge on any atom is -0.385 e. The second-order valence-electron chi connectivity index (χ2n) is 5.50. The molecular formula is C17H16N2O3. The first-order valence-corrected chi connectivity index (χ1v) is 6.98. The van der Waals surface area contributed by atoms with Crippen LogP contribution in [0, 0.1) is 0 Å². The van der Waals surface area contributed by atoms with Crippen LogP contribution in [-0.2, 0) is 4.79 Å². The molecule has 0 aromatic heterocycles. The Labute approximate surface area is 128 Å². The Hall–Kier alpha value is -2.66. The van der Waals surface area contributed by atoms with Crippen molar-refractivity contribution < 1.29 is 14.7 Å². The molecule has 112 valence electrons. The van der Waals surface area contributed by atoms with Gasteiger partial charge in [0.25, 0.3) is 5.91 Å². The molecule has 0 unspecified atom stereocenters. The molecule has 2 atom stereocenters. The molecule has 2 aromatic rings. The van der Waals surface area contributed by atoms with Crippen LogP contribution in [0.3, 0.4) is 0 Å². The molecule has 1 fully saturated rings. The summed E-state index contributed by atoms with van der Waals surface area (Å²) in [5.41, 5.74) is 1.30. The Bertz CT molecular complexity index is 712. The van der Waals surface area contributed by atoms with Gasteiger partial charge in [0.15, 0.2) is 0 Å². The fourth-order valence-electron chi connectivity index (χ4n) is 2.57. The van der Waals surface area contributed by atoms with E-state index in [1.165, 1.54) is 6.92 Å². The molecule has 22 heavy (non-hydrogen) atoms. The van der Waals surface area contributed by atoms with Crippen LogP contribution < -0.4 is 10.6 Å². The molecule has 3 N–H and O–H groups in total. The Morgan fingerprint density at radius 3 is 2.09 bits per heavy atom. The van der Waals surface area contributed by atoms with E-state index in [1.807, 2.05) is 42.5 Å². The van der Waals surface area contributed by atoms with Crippen molar-refractivity contribution in [3.8, 4) is 11.1 Å². The van der Waals surface area contributed by atoms with Gasteiger partial charge in [-0.3, -0.25) is 10.1 Å². The van der Waals surface area contributed by atoms with Crippen LogP contribution in [0.25, 0.3) is 11.1 Å². The van der Waals surface area contributed by atoms with Gasteiger partial charge in [-0.15, -0.1) is 0 Å². The number of imide groups is 1. The number of rotatable bonds is 3. The zero-order valence-electron chi connectivity index (χ0n) is 12.0. The lowest BCUT2D eigenvalue weighted by Crippen LogP contribution is -2.49. The van der Waals surface area contributed by atoms with Gasteiger partial charge in [0, 0.05) is 0 Å². The summed E-state index contributed by atoms with van der Waals surface area (Å²) >= 11 is 0. The highest BCUT2D eigenvalue weighted by Gasteiger charge is 2.48. The molecule has 0 bridgehead atoms. The molecular weight excluding hydrogens is 280 g/mol. The summed E-state index contributed by atoms with van der Waals surface area (Å²) in [6.45, 7) is 1.50. The number of carbonyl (C=O) groups excluding carboxylic acids is 2. The lowest BCUT2D eigenvalue weighted by atomic mass is 9.89. The topological polar surface area (TPSA) is 78.4 Å². The maximum absolute atomic E-state index is 11.9. The van der Waals surface area contributed by atoms with E-state index in [-0.39, 0.29) is 0 Å². The zero-order chi connectivity index (χ0) is 15.7. The Kier molecular flexibility index (Phi) is 3.42. The minimum atomic E-state index is -1.36. The molecule has 0 spiro atoms. The Morgan fingerprint density at radius 2 is 1.55 bits per heavy atom. The molecule has 0 saturated carbocycles. The molecule has 5 nitrogen and oxygen atoms in total. The predicted octanol–water partition coefficient (Wildman–Crippen LogP) is 1.99. The van der Waals surface area contributed by atoms with Gasteiger partial charge in [-0.25, -0.2) is 4.79 Å². The summed E-state index contributed by atoms with van der Waals surface area (Å²) in [5.74, 6) is -0.530. The number of aliphatic hydroxyl groups excluding tert-OH is 1. The lowest BCUT2D eigenvalue weighted by Gasteiger charge is -2.27. The van der Waals surface area contributed by atoms with E-state index in [1.54, 1.807) is 12.1 Å². The molecule has 1 heterocycles. The van der Waals surface area contributed by atoms with Crippen molar-refractivity contribution in [2.45, 2.75) is 18.6 Å². The number of carbonyl (C=O) groups is 2. The van der Waals surface area contributed by atoms with Gasteiger partial charge in [-0.2, -0.15) is 0 Å². The van der Waals surface area contributed by atoms with E-state index >= 15 is 0 Å². The predicted molar refractivity (Wildman–Crippen MR) is 81.9 cm³/mol. The van der Waals surface area contributed by atoms with Crippen molar-refractivity contribution in [1.82, 2.24) is 10.6 Å². The van der Waals surface area contributed by atoms with Gasteiger partial charge in [0.1, 0.15) is 11.6 Å². The van der Waals surface area contributed by atoms with Gasteiger partial charge in [-0.05, 0) is 23.6 Å². The highest BCUT2D eigenvalue weighted by molar-refractivity contribution is 6.07. The monoisotopic (exact) mass is 296 g/mol. The van der Waals surface area contributed by atoms with Crippen LogP contribution >= 0.6 is 0 Å². The van der Waals surface area contributed by atoms with Crippen LogP contribution in [0.15, 0.2) is 54.6 Å². The summed E-state index contributed by atoms with van der Waals surface area (Å²) in [6.07, 6.45) is -1.12. The van der Waals surface area contributed by atoms with Crippen LogP contribution in [0.5, 0.6) is 0 Å². The van der Waals surface area contributed by atoms with Crippen LogP contribution in [-0.4, -0.2) is 22.6 Å². The third kappa shape index (κ3) is 2.35. The minimum absolute atomic E-state index is 0.530. The number of hydrogen-bond acceptors (Lipinski definition) is 3. The van der Waals surface area contributed by atoms with E-state index in [0.717, 1.165) is 11.1 Å². The molecule has 3 amide bonds. The van der Waals surface area contributed by atoms with Crippen molar-refractivity contribution in [3.63, 3.8) is 0 Å². The summed E-state index contributed by atoms with van der Waals surface area (Å²) < 4.78 is 0. The lowest BCUT2D eigenvalue weighted by molar-refractivity contribution is -0.127. The molecule has 0 aliphatic carbocycles. The number of aliphatic hydroxyl groups is 1. The highest BCUT2D eigenvalue weighted by atomic mass is 16.3. The van der Waals surface area contributed by atoms with E-state index in [4.69, 9.17) is 0 Å². The summed E-state index contributed by atoms with van der Waals surface area (Å²) in [4.78, 5) is 23.1. The first kappa shape index (κ1) is 14.3. The third-order valence-corrected chi connectivity index (χ3v) is 3.95. The number of benzene rings is 2. The smallest absolute Gasteiger partial charge is 0.322 e. The summed E-state index contributed by atoms with van der Waals surface area (Å²) in [5, 5.41) is 15.1. The fraction of sp³-hybridized carbons (Fsp3) is 0.176. The normalized spacial score (nSPS) is 22.1. The van der Waals surface area contributed by atoms with Crippen molar-refractivity contribution in [3.05, 3.63) is 60.2 Å². The SMILES string of the molecule is C[C@]1([C@H](O)c2ccc(-c3ccccc3)cc2)NC(=O)NC1=O. The van der Waals surface area contributed by atoms with Gasteiger partial charge in [-0.1, -0.05) is 54.6 Å². The highest BCUT2D eigenvalue weighted by Crippen LogP contribution is 2.30. The standard InChI is InChI=1S/C17H16N2O3/c1-17(15(21)18-16(22)19-17)14(20)13-9-7-12(8-10-13)11-5-3-2-4-6-11/h2-10,14,20H,1H3,(H2,18,19,21,22)/t14-,17-/m1/s1. The average molecular weight is 296 g/mol. The zero-order valence-corrected chi connectivity index (χ0v) is 12.0. The second kappa shape index (κ2) is 5.27. The van der Waals surface area contributed by atoms with Crippen LogP contribution in [0.2, 0.25) is 0 Å². The molecule has 1 saturated heterocycles. The molecule has 1 aliphatic heterocycles. The molecule has 5 heteroatoms. The number of hydrogen-bond donors (Lipinski definition) is 3. The van der Waals surface area contributed by atoms with Crippen molar-refractivity contribution in [2.75, 3.05) is 0 Å². The van der Waals surface area contributed by atoms with Gasteiger partial charge in [0.2, 0.25) is 0 Å². The van der Waals surface area contributed by atoms with Gasteiger partial charge < -0.3 is 10.4 Å².